The van der Waals surface area contributed by atoms with Gasteiger partial charge in [0.2, 0.25) is 0 Å². The van der Waals surface area contributed by atoms with E-state index in [1.807, 2.05) is 3.96 Å². The lowest BCUT2D eigenvalue weighted by Gasteiger charge is -2.13. The van der Waals surface area contributed by atoms with Gasteiger partial charge in [-0.05, 0) is 32.0 Å². The van der Waals surface area contributed by atoms with Crippen molar-refractivity contribution in [2.75, 3.05) is 19.6 Å². The summed E-state index contributed by atoms with van der Waals surface area (Å²) >= 11 is 1.52. The summed E-state index contributed by atoms with van der Waals surface area (Å²) in [5.41, 5.74) is 0.131. The quantitative estimate of drug-likeness (QED) is 0.828. The molecular weight excluding hydrogens is 234 g/mol. The summed E-state index contributed by atoms with van der Waals surface area (Å²) in [5, 5.41) is 0.798. The second kappa shape index (κ2) is 4.58. The highest BCUT2D eigenvalue weighted by molar-refractivity contribution is 7.13. The van der Waals surface area contributed by atoms with E-state index in [2.05, 4.69) is 9.88 Å². The van der Waals surface area contributed by atoms with Gasteiger partial charge in [-0.15, -0.1) is 0 Å². The van der Waals surface area contributed by atoms with E-state index in [9.17, 15) is 4.79 Å². The topological polar surface area (TPSA) is 38.1 Å². The zero-order chi connectivity index (χ0) is 11.7. The zero-order valence-electron chi connectivity index (χ0n) is 9.63. The molecule has 0 aromatic carbocycles. The highest BCUT2D eigenvalue weighted by Gasteiger charge is 2.12. The maximum atomic E-state index is 12.1. The normalized spacial score (nSPS) is 16.9. The Hall–Kier alpha value is -1.20. The molecule has 1 aliphatic rings. The van der Waals surface area contributed by atoms with Gasteiger partial charge in [0.1, 0.15) is 0 Å². The molecule has 1 saturated heterocycles. The molecule has 3 rings (SSSR count). The number of hydrogen-bond donors (Lipinski definition) is 0. The van der Waals surface area contributed by atoms with Crippen LogP contribution in [0.15, 0.2) is 23.3 Å². The highest BCUT2D eigenvalue weighted by Crippen LogP contribution is 2.15. The maximum absolute atomic E-state index is 12.1. The van der Waals surface area contributed by atoms with Crippen LogP contribution in [-0.4, -0.2) is 33.5 Å². The van der Waals surface area contributed by atoms with E-state index in [4.69, 9.17) is 0 Å². The van der Waals surface area contributed by atoms with Crippen molar-refractivity contribution in [2.24, 2.45) is 0 Å². The van der Waals surface area contributed by atoms with Crippen LogP contribution in [0, 0.1) is 0 Å². The van der Waals surface area contributed by atoms with Crippen molar-refractivity contribution < 1.29 is 0 Å². The summed E-state index contributed by atoms with van der Waals surface area (Å²) < 4.78 is 2.84. The standard InChI is InChI=1S/C12H15N3OS/c16-12-10-3-4-13-9-11(10)17-15(12)8-7-14-5-1-2-6-14/h3-4,9H,1-2,5-8H2. The largest absolute Gasteiger partial charge is 0.302 e. The first-order valence-corrected chi connectivity index (χ1v) is 6.78. The zero-order valence-corrected chi connectivity index (χ0v) is 10.4. The summed E-state index contributed by atoms with van der Waals surface area (Å²) in [6, 6.07) is 1.81. The van der Waals surface area contributed by atoms with Gasteiger partial charge >= 0.3 is 0 Å². The number of nitrogens with zero attached hydrogens (tertiary/aromatic N) is 3. The Bertz CT molecular complexity index is 568. The Balaban J connectivity index is 1.80. The minimum absolute atomic E-state index is 0.131. The van der Waals surface area contributed by atoms with Crippen molar-refractivity contribution in [3.63, 3.8) is 0 Å². The van der Waals surface area contributed by atoms with Gasteiger partial charge in [0.05, 0.1) is 10.1 Å². The van der Waals surface area contributed by atoms with E-state index < -0.39 is 0 Å². The average molecular weight is 249 g/mol. The van der Waals surface area contributed by atoms with Gasteiger partial charge in [-0.2, -0.15) is 0 Å². The highest BCUT2D eigenvalue weighted by atomic mass is 32.1. The molecule has 0 unspecified atom stereocenters. The van der Waals surface area contributed by atoms with Crippen LogP contribution >= 0.6 is 11.5 Å². The SMILES string of the molecule is O=c1c2ccncc2sn1CCN1CCCC1. The van der Waals surface area contributed by atoms with Crippen molar-refractivity contribution in [1.29, 1.82) is 0 Å². The second-order valence-corrected chi connectivity index (χ2v) is 5.48. The maximum Gasteiger partial charge on any atom is 0.268 e. The van der Waals surface area contributed by atoms with Crippen molar-refractivity contribution in [2.45, 2.75) is 19.4 Å². The molecule has 0 radical (unpaired) electrons. The van der Waals surface area contributed by atoms with Crippen LogP contribution in [0.4, 0.5) is 0 Å². The Kier molecular flexibility index (Phi) is 2.94. The predicted octanol–water partition coefficient (Wildman–Crippen LogP) is 1.55. The number of aromatic nitrogens is 2. The summed E-state index contributed by atoms with van der Waals surface area (Å²) in [7, 11) is 0. The molecule has 0 aliphatic carbocycles. The Morgan fingerprint density at radius 1 is 1.29 bits per heavy atom. The monoisotopic (exact) mass is 249 g/mol. The van der Waals surface area contributed by atoms with Crippen molar-refractivity contribution >= 4 is 21.6 Å². The molecule has 1 aliphatic heterocycles. The first-order valence-electron chi connectivity index (χ1n) is 6.01. The molecule has 2 aromatic heterocycles. The molecule has 90 valence electrons. The van der Waals surface area contributed by atoms with E-state index in [-0.39, 0.29) is 5.56 Å². The van der Waals surface area contributed by atoms with Crippen molar-refractivity contribution in [3.05, 3.63) is 28.8 Å². The van der Waals surface area contributed by atoms with E-state index in [0.29, 0.717) is 0 Å². The van der Waals surface area contributed by atoms with Crippen LogP contribution in [0.5, 0.6) is 0 Å². The molecule has 2 aromatic rings. The second-order valence-electron chi connectivity index (χ2n) is 4.42. The van der Waals surface area contributed by atoms with Crippen LogP contribution in [0.25, 0.3) is 10.1 Å². The third-order valence-corrected chi connectivity index (χ3v) is 4.36. The molecule has 4 nitrogen and oxygen atoms in total. The van der Waals surface area contributed by atoms with Crippen molar-refractivity contribution in [1.82, 2.24) is 13.8 Å². The van der Waals surface area contributed by atoms with Crippen LogP contribution in [0.2, 0.25) is 0 Å². The van der Waals surface area contributed by atoms with Gasteiger partial charge in [-0.1, -0.05) is 11.5 Å². The number of pyridine rings is 1. The number of hydrogen-bond acceptors (Lipinski definition) is 4. The number of rotatable bonds is 3. The lowest BCUT2D eigenvalue weighted by molar-refractivity contribution is 0.326. The fraction of sp³-hybridized carbons (Fsp3) is 0.500. The summed E-state index contributed by atoms with van der Waals surface area (Å²) in [4.78, 5) is 18.5. The molecule has 1 fully saturated rings. The Morgan fingerprint density at radius 3 is 2.88 bits per heavy atom. The van der Waals surface area contributed by atoms with Gasteiger partial charge < -0.3 is 4.90 Å². The molecule has 0 N–H and O–H groups in total. The molecule has 17 heavy (non-hydrogen) atoms. The van der Waals surface area contributed by atoms with Gasteiger partial charge in [0, 0.05) is 25.5 Å². The fourth-order valence-electron chi connectivity index (χ4n) is 2.31. The number of likely N-dealkylation sites (tertiary alicyclic amines) is 1. The number of fused-ring (bicyclic) bond motifs is 1. The Morgan fingerprint density at radius 2 is 2.12 bits per heavy atom. The summed E-state index contributed by atoms with van der Waals surface area (Å²) in [5.74, 6) is 0. The smallest absolute Gasteiger partial charge is 0.268 e. The van der Waals surface area contributed by atoms with Gasteiger partial charge in [0.25, 0.3) is 5.56 Å². The molecular formula is C12H15N3OS. The first-order chi connectivity index (χ1) is 8.34. The molecule has 0 spiro atoms. The molecule has 0 amide bonds. The average Bonchev–Trinajstić information content (AvgIpc) is 2.96. The molecule has 0 atom stereocenters. The van der Waals surface area contributed by atoms with Crippen LogP contribution < -0.4 is 5.56 Å². The lowest BCUT2D eigenvalue weighted by atomic mass is 10.3. The molecule has 3 heterocycles. The van der Waals surface area contributed by atoms with Crippen LogP contribution in [0.1, 0.15) is 12.8 Å². The minimum Gasteiger partial charge on any atom is -0.302 e. The van der Waals surface area contributed by atoms with Crippen LogP contribution in [0.3, 0.4) is 0 Å². The van der Waals surface area contributed by atoms with Crippen LogP contribution in [-0.2, 0) is 6.54 Å². The summed E-state index contributed by atoms with van der Waals surface area (Å²) in [6.45, 7) is 4.15. The van der Waals surface area contributed by atoms with E-state index in [0.717, 1.165) is 23.2 Å². The van der Waals surface area contributed by atoms with Crippen molar-refractivity contribution in [3.8, 4) is 0 Å². The van der Waals surface area contributed by atoms with E-state index in [1.54, 1.807) is 18.5 Å². The Labute approximate surface area is 104 Å². The third kappa shape index (κ3) is 2.12. The molecule has 5 heteroatoms. The third-order valence-electron chi connectivity index (χ3n) is 3.27. The van der Waals surface area contributed by atoms with Gasteiger partial charge in [0.15, 0.2) is 0 Å². The predicted molar refractivity (Wildman–Crippen MR) is 69.6 cm³/mol. The summed E-state index contributed by atoms with van der Waals surface area (Å²) in [6.07, 6.45) is 6.05. The molecule has 0 saturated carbocycles. The fourth-order valence-corrected chi connectivity index (χ4v) is 3.26. The molecule has 0 bridgehead atoms. The minimum atomic E-state index is 0.131. The lowest BCUT2D eigenvalue weighted by Crippen LogP contribution is -2.26. The van der Waals surface area contributed by atoms with E-state index >= 15 is 0 Å². The van der Waals surface area contributed by atoms with Gasteiger partial charge in [-0.3, -0.25) is 13.7 Å². The van der Waals surface area contributed by atoms with E-state index in [1.165, 1.54) is 37.5 Å². The first kappa shape index (κ1) is 10.9. The van der Waals surface area contributed by atoms with Gasteiger partial charge in [-0.25, -0.2) is 0 Å².